The Kier molecular flexibility index (Phi) is 3.18. The molecule has 6 nitrogen and oxygen atoms in total. The van der Waals surface area contributed by atoms with E-state index in [0.29, 0.717) is 33.7 Å². The van der Waals surface area contributed by atoms with Crippen LogP contribution >= 0.6 is 0 Å². The van der Waals surface area contributed by atoms with Crippen LogP contribution in [0.3, 0.4) is 0 Å². The van der Waals surface area contributed by atoms with Crippen LogP contribution < -0.4 is 10.9 Å². The second-order valence-corrected chi connectivity index (χ2v) is 6.45. The highest BCUT2D eigenvalue weighted by Crippen LogP contribution is 2.40. The van der Waals surface area contributed by atoms with E-state index in [2.05, 4.69) is 10.3 Å². The molecule has 6 heteroatoms. The predicted molar refractivity (Wildman–Crippen MR) is 96.4 cm³/mol. The van der Waals surface area contributed by atoms with Crippen LogP contribution in [0.5, 0.6) is 0 Å². The fourth-order valence-corrected chi connectivity index (χ4v) is 2.95. The average Bonchev–Trinajstić information content (AvgIpc) is 3.40. The summed E-state index contributed by atoms with van der Waals surface area (Å²) in [6, 6.07) is 13.8. The molecule has 1 amide bonds. The number of carbonyl (C=O) groups excluding carboxylic acids is 1. The predicted octanol–water partition coefficient (Wildman–Crippen LogP) is 4.06. The van der Waals surface area contributed by atoms with Crippen LogP contribution in [0, 0.1) is 0 Å². The van der Waals surface area contributed by atoms with Crippen LogP contribution in [-0.4, -0.2) is 10.9 Å². The molecule has 0 spiro atoms. The van der Waals surface area contributed by atoms with Gasteiger partial charge in [-0.2, -0.15) is 0 Å². The quantitative estimate of drug-likeness (QED) is 0.565. The first kappa shape index (κ1) is 14.9. The van der Waals surface area contributed by atoms with Crippen LogP contribution in [-0.2, 0) is 0 Å². The highest BCUT2D eigenvalue weighted by Gasteiger charge is 2.28. The minimum Gasteiger partial charge on any atom is -0.440 e. The molecular formula is C20H14N2O4. The van der Waals surface area contributed by atoms with E-state index < -0.39 is 11.5 Å². The van der Waals surface area contributed by atoms with Gasteiger partial charge >= 0.3 is 5.63 Å². The van der Waals surface area contributed by atoms with E-state index in [1.165, 1.54) is 6.07 Å². The number of nitrogens with one attached hydrogen (secondary N) is 1. The van der Waals surface area contributed by atoms with Crippen molar-refractivity contribution in [2.24, 2.45) is 0 Å². The molecule has 128 valence electrons. The van der Waals surface area contributed by atoms with E-state index in [1.54, 1.807) is 36.4 Å². The Labute approximate surface area is 147 Å². The SMILES string of the molecule is O=C(Nc1ccc2oc(C3CC3)nc2c1)c1cc2ccccc2oc1=O. The van der Waals surface area contributed by atoms with Gasteiger partial charge in [0.05, 0.1) is 0 Å². The molecule has 0 bridgehead atoms. The zero-order chi connectivity index (χ0) is 17.7. The number of nitrogens with zero attached hydrogens (tertiary/aromatic N) is 1. The van der Waals surface area contributed by atoms with Crippen LogP contribution in [0.25, 0.3) is 22.1 Å². The van der Waals surface area contributed by atoms with E-state index >= 15 is 0 Å². The van der Waals surface area contributed by atoms with E-state index in [4.69, 9.17) is 8.83 Å². The number of rotatable bonds is 3. The number of benzene rings is 2. The summed E-state index contributed by atoms with van der Waals surface area (Å²) in [6.07, 6.45) is 2.21. The summed E-state index contributed by atoms with van der Waals surface area (Å²) in [6.45, 7) is 0. The van der Waals surface area contributed by atoms with Crippen molar-refractivity contribution in [3.05, 3.63) is 70.4 Å². The molecule has 1 N–H and O–H groups in total. The molecule has 1 fully saturated rings. The molecule has 2 aromatic carbocycles. The van der Waals surface area contributed by atoms with Gasteiger partial charge in [-0.25, -0.2) is 9.78 Å². The largest absolute Gasteiger partial charge is 0.440 e. The van der Waals surface area contributed by atoms with Crippen molar-refractivity contribution in [1.82, 2.24) is 4.98 Å². The molecule has 2 aromatic heterocycles. The lowest BCUT2D eigenvalue weighted by Gasteiger charge is -2.05. The Balaban J connectivity index is 1.47. The van der Waals surface area contributed by atoms with Gasteiger partial charge in [-0.1, -0.05) is 18.2 Å². The lowest BCUT2D eigenvalue weighted by atomic mass is 10.1. The minimum absolute atomic E-state index is 0.0392. The smallest absolute Gasteiger partial charge is 0.349 e. The van der Waals surface area contributed by atoms with Crippen molar-refractivity contribution < 1.29 is 13.6 Å². The molecule has 4 aromatic rings. The topological polar surface area (TPSA) is 85.3 Å². The molecule has 0 aliphatic heterocycles. The van der Waals surface area contributed by atoms with E-state index in [9.17, 15) is 9.59 Å². The lowest BCUT2D eigenvalue weighted by molar-refractivity contribution is 0.102. The number of amides is 1. The first-order valence-electron chi connectivity index (χ1n) is 8.42. The van der Waals surface area contributed by atoms with E-state index in [-0.39, 0.29) is 5.56 Å². The summed E-state index contributed by atoms with van der Waals surface area (Å²) < 4.78 is 10.9. The number of hydrogen-bond donors (Lipinski definition) is 1. The molecule has 0 unspecified atom stereocenters. The summed E-state index contributed by atoms with van der Waals surface area (Å²) in [7, 11) is 0. The van der Waals surface area contributed by atoms with Gasteiger partial charge in [0.25, 0.3) is 5.91 Å². The van der Waals surface area contributed by atoms with Gasteiger partial charge in [0.15, 0.2) is 11.5 Å². The summed E-state index contributed by atoms with van der Waals surface area (Å²) in [5.74, 6) is 0.649. The number of hydrogen-bond acceptors (Lipinski definition) is 5. The molecule has 26 heavy (non-hydrogen) atoms. The van der Waals surface area contributed by atoms with Gasteiger partial charge in [-0.05, 0) is 43.2 Å². The maximum absolute atomic E-state index is 12.5. The lowest BCUT2D eigenvalue weighted by Crippen LogP contribution is -2.20. The molecule has 0 atom stereocenters. The Morgan fingerprint density at radius 1 is 1.04 bits per heavy atom. The Hall–Kier alpha value is -3.41. The van der Waals surface area contributed by atoms with Gasteiger partial charge in [0.1, 0.15) is 16.7 Å². The van der Waals surface area contributed by atoms with Gasteiger partial charge < -0.3 is 14.2 Å². The monoisotopic (exact) mass is 346 g/mol. The van der Waals surface area contributed by atoms with Crippen molar-refractivity contribution in [3.63, 3.8) is 0 Å². The zero-order valence-electron chi connectivity index (χ0n) is 13.7. The van der Waals surface area contributed by atoms with Gasteiger partial charge in [0, 0.05) is 17.0 Å². The highest BCUT2D eigenvalue weighted by atomic mass is 16.4. The number of oxazole rings is 1. The van der Waals surface area contributed by atoms with E-state index in [0.717, 1.165) is 18.7 Å². The van der Waals surface area contributed by atoms with Crippen molar-refractivity contribution in [2.45, 2.75) is 18.8 Å². The van der Waals surface area contributed by atoms with Crippen molar-refractivity contribution in [3.8, 4) is 0 Å². The van der Waals surface area contributed by atoms with Crippen molar-refractivity contribution in [1.29, 1.82) is 0 Å². The first-order chi connectivity index (χ1) is 12.7. The third-order valence-corrected chi connectivity index (χ3v) is 4.47. The molecule has 0 saturated heterocycles. The standard InChI is InChI=1S/C20H14N2O4/c23-18(14-9-12-3-1-2-4-16(12)26-20(14)24)21-13-7-8-17-15(10-13)22-19(25-17)11-5-6-11/h1-4,7-11H,5-6H2,(H,21,23). The number of anilines is 1. The number of carbonyl (C=O) groups is 1. The molecule has 1 aliphatic carbocycles. The maximum Gasteiger partial charge on any atom is 0.349 e. The van der Waals surface area contributed by atoms with Gasteiger partial charge in [-0.3, -0.25) is 4.79 Å². The molecule has 0 radical (unpaired) electrons. The van der Waals surface area contributed by atoms with Crippen molar-refractivity contribution in [2.75, 3.05) is 5.32 Å². The Bertz CT molecular complexity index is 1220. The van der Waals surface area contributed by atoms with Gasteiger partial charge in [0.2, 0.25) is 0 Å². The Morgan fingerprint density at radius 2 is 1.88 bits per heavy atom. The Morgan fingerprint density at radius 3 is 2.73 bits per heavy atom. The summed E-state index contributed by atoms with van der Waals surface area (Å²) in [5.41, 5.74) is 1.67. The molecule has 5 rings (SSSR count). The molecular weight excluding hydrogens is 332 g/mol. The zero-order valence-corrected chi connectivity index (χ0v) is 13.7. The minimum atomic E-state index is -0.667. The fourth-order valence-electron chi connectivity index (χ4n) is 2.95. The van der Waals surface area contributed by atoms with Gasteiger partial charge in [-0.15, -0.1) is 0 Å². The normalized spacial score (nSPS) is 14.0. The number of aromatic nitrogens is 1. The third-order valence-electron chi connectivity index (χ3n) is 4.47. The summed E-state index contributed by atoms with van der Waals surface area (Å²) >= 11 is 0. The average molecular weight is 346 g/mol. The fraction of sp³-hybridized carbons (Fsp3) is 0.150. The first-order valence-corrected chi connectivity index (χ1v) is 8.42. The van der Waals surface area contributed by atoms with Crippen molar-refractivity contribution >= 4 is 33.7 Å². The second kappa shape index (κ2) is 5.56. The van der Waals surface area contributed by atoms with E-state index in [1.807, 2.05) is 6.07 Å². The summed E-state index contributed by atoms with van der Waals surface area (Å²) in [4.78, 5) is 29.1. The second-order valence-electron chi connectivity index (χ2n) is 6.45. The molecule has 2 heterocycles. The van der Waals surface area contributed by atoms with Crippen LogP contribution in [0.4, 0.5) is 5.69 Å². The molecule has 1 saturated carbocycles. The highest BCUT2D eigenvalue weighted by molar-refractivity contribution is 6.06. The number of para-hydroxylation sites is 1. The molecule has 1 aliphatic rings. The van der Waals surface area contributed by atoms with Crippen LogP contribution in [0.1, 0.15) is 35.0 Å². The summed E-state index contributed by atoms with van der Waals surface area (Å²) in [5, 5.41) is 3.42. The number of fused-ring (bicyclic) bond motifs is 2. The maximum atomic E-state index is 12.5. The van der Waals surface area contributed by atoms with Crippen LogP contribution in [0.2, 0.25) is 0 Å². The third kappa shape index (κ3) is 2.56. The van der Waals surface area contributed by atoms with Crippen LogP contribution in [0.15, 0.2) is 62.2 Å².